The molecule has 21 heavy (non-hydrogen) atoms. The van der Waals surface area contributed by atoms with Gasteiger partial charge in [0.15, 0.2) is 0 Å². The van der Waals surface area contributed by atoms with Crippen molar-refractivity contribution in [2.24, 2.45) is 0 Å². The van der Waals surface area contributed by atoms with E-state index >= 15 is 0 Å². The predicted molar refractivity (Wildman–Crippen MR) is 81.4 cm³/mol. The van der Waals surface area contributed by atoms with Crippen LogP contribution in [0.3, 0.4) is 0 Å². The molecule has 2 rings (SSSR count). The lowest BCUT2D eigenvalue weighted by atomic mass is 10.1. The molecule has 1 unspecified atom stereocenters. The smallest absolute Gasteiger partial charge is 0.209 e. The molecule has 1 atom stereocenters. The van der Waals surface area contributed by atoms with E-state index in [0.29, 0.717) is 5.56 Å². The molecule has 0 heterocycles. The Labute approximate surface area is 128 Å². The Morgan fingerprint density at radius 1 is 1.19 bits per heavy atom. The zero-order chi connectivity index (χ0) is 15.5. The monoisotopic (exact) mass is 327 g/mol. The molecule has 0 aliphatic rings. The molecule has 0 aromatic heterocycles. The van der Waals surface area contributed by atoms with E-state index in [0.717, 1.165) is 11.6 Å². The van der Waals surface area contributed by atoms with Crippen LogP contribution in [-0.4, -0.2) is 15.0 Å². The summed E-state index contributed by atoms with van der Waals surface area (Å²) in [6.07, 6.45) is 0. The minimum atomic E-state index is -3.79. The van der Waals surface area contributed by atoms with Crippen LogP contribution in [0.15, 0.2) is 53.4 Å². The normalized spacial score (nSPS) is 13.1. The predicted octanol–water partition coefficient (Wildman–Crippen LogP) is 3.39. The van der Waals surface area contributed by atoms with E-state index in [2.05, 4.69) is 4.72 Å². The van der Waals surface area contributed by atoms with Gasteiger partial charge in [-0.25, -0.2) is 17.5 Å². The Balaban J connectivity index is 2.13. The van der Waals surface area contributed by atoms with Crippen LogP contribution in [0.4, 0.5) is 4.39 Å². The highest BCUT2D eigenvalue weighted by Gasteiger charge is 2.19. The lowest BCUT2D eigenvalue weighted by molar-refractivity contribution is 0.576. The van der Waals surface area contributed by atoms with E-state index in [-0.39, 0.29) is 11.4 Å². The van der Waals surface area contributed by atoms with Crippen molar-refractivity contribution >= 4 is 21.6 Å². The first kappa shape index (κ1) is 15.9. The van der Waals surface area contributed by atoms with Crippen molar-refractivity contribution in [3.63, 3.8) is 0 Å². The van der Waals surface area contributed by atoms with Gasteiger partial charge in [0.2, 0.25) is 10.0 Å². The second-order valence-electron chi connectivity index (χ2n) is 4.64. The van der Waals surface area contributed by atoms with E-state index in [9.17, 15) is 12.8 Å². The van der Waals surface area contributed by atoms with Crippen LogP contribution in [0.1, 0.15) is 16.5 Å². The molecule has 2 aromatic carbocycles. The third-order valence-corrected chi connectivity index (χ3v) is 5.03. The Morgan fingerprint density at radius 2 is 1.86 bits per heavy atom. The van der Waals surface area contributed by atoms with Gasteiger partial charge in [-0.15, -0.1) is 11.6 Å². The van der Waals surface area contributed by atoms with Crippen molar-refractivity contribution < 1.29 is 12.8 Å². The van der Waals surface area contributed by atoms with E-state index in [1.54, 1.807) is 6.92 Å². The number of hydrogen-bond donors (Lipinski definition) is 1. The molecule has 0 amide bonds. The summed E-state index contributed by atoms with van der Waals surface area (Å²) in [4.78, 5) is -0.0700. The lowest BCUT2D eigenvalue weighted by Crippen LogP contribution is -2.27. The molecule has 112 valence electrons. The number of aryl methyl sites for hydroxylation is 1. The molecular formula is C15H15ClFNO2S. The number of alkyl halides is 1. The maximum absolute atomic E-state index is 13.2. The fourth-order valence-electron chi connectivity index (χ4n) is 1.90. The maximum atomic E-state index is 13.2. The SMILES string of the molecule is Cc1ccc(F)cc1S(=O)(=O)NCC(Cl)c1ccccc1. The van der Waals surface area contributed by atoms with Crippen molar-refractivity contribution in [2.75, 3.05) is 6.54 Å². The molecule has 0 aliphatic carbocycles. The first-order valence-corrected chi connectivity index (χ1v) is 8.27. The van der Waals surface area contributed by atoms with Gasteiger partial charge in [0.1, 0.15) is 5.82 Å². The summed E-state index contributed by atoms with van der Waals surface area (Å²) in [5, 5.41) is -0.491. The Bertz CT molecular complexity index is 720. The van der Waals surface area contributed by atoms with Crippen LogP contribution >= 0.6 is 11.6 Å². The first-order valence-electron chi connectivity index (χ1n) is 6.35. The van der Waals surface area contributed by atoms with Gasteiger partial charge in [0, 0.05) is 6.54 Å². The second-order valence-corrected chi connectivity index (χ2v) is 6.90. The standard InChI is InChI=1S/C15H15ClFNO2S/c1-11-7-8-13(17)9-15(11)21(19,20)18-10-14(16)12-5-3-2-4-6-12/h2-9,14,18H,10H2,1H3. The average Bonchev–Trinajstić information content (AvgIpc) is 2.48. The van der Waals surface area contributed by atoms with Crippen LogP contribution in [0.2, 0.25) is 0 Å². The average molecular weight is 328 g/mol. The highest BCUT2D eigenvalue weighted by atomic mass is 35.5. The quantitative estimate of drug-likeness (QED) is 0.856. The summed E-state index contributed by atoms with van der Waals surface area (Å²) >= 11 is 6.17. The van der Waals surface area contributed by atoms with Gasteiger partial charge in [0.05, 0.1) is 10.3 Å². The highest BCUT2D eigenvalue weighted by molar-refractivity contribution is 7.89. The van der Waals surface area contributed by atoms with Crippen molar-refractivity contribution in [1.82, 2.24) is 4.72 Å². The van der Waals surface area contributed by atoms with E-state index in [1.165, 1.54) is 12.1 Å². The van der Waals surface area contributed by atoms with Crippen LogP contribution < -0.4 is 4.72 Å². The van der Waals surface area contributed by atoms with Gasteiger partial charge in [-0.2, -0.15) is 0 Å². The number of hydrogen-bond acceptors (Lipinski definition) is 2. The summed E-state index contributed by atoms with van der Waals surface area (Å²) < 4.78 is 40.0. The van der Waals surface area contributed by atoms with Crippen LogP contribution in [-0.2, 0) is 10.0 Å². The lowest BCUT2D eigenvalue weighted by Gasteiger charge is -2.13. The summed E-state index contributed by atoms with van der Waals surface area (Å²) in [5.74, 6) is -0.591. The molecule has 0 saturated carbocycles. The number of nitrogens with one attached hydrogen (secondary N) is 1. The largest absolute Gasteiger partial charge is 0.240 e. The fourth-order valence-corrected chi connectivity index (χ4v) is 3.52. The van der Waals surface area contributed by atoms with Crippen molar-refractivity contribution in [3.8, 4) is 0 Å². The van der Waals surface area contributed by atoms with Gasteiger partial charge < -0.3 is 0 Å². The Morgan fingerprint density at radius 3 is 2.52 bits per heavy atom. The third-order valence-electron chi connectivity index (χ3n) is 3.05. The molecule has 1 N–H and O–H groups in total. The minimum absolute atomic E-state index is 0.0316. The summed E-state index contributed by atoms with van der Waals surface area (Å²) in [7, 11) is -3.79. The van der Waals surface area contributed by atoms with Crippen LogP contribution in [0.5, 0.6) is 0 Å². The summed E-state index contributed by atoms with van der Waals surface area (Å²) in [6.45, 7) is 1.65. The van der Waals surface area contributed by atoms with Crippen molar-refractivity contribution in [1.29, 1.82) is 0 Å². The first-order chi connectivity index (χ1) is 9.90. The van der Waals surface area contributed by atoms with Crippen LogP contribution in [0.25, 0.3) is 0 Å². The van der Waals surface area contributed by atoms with E-state index < -0.39 is 21.2 Å². The third kappa shape index (κ3) is 4.03. The van der Waals surface area contributed by atoms with E-state index in [1.807, 2.05) is 30.3 Å². The van der Waals surface area contributed by atoms with Crippen LogP contribution in [0, 0.1) is 12.7 Å². The molecule has 2 aromatic rings. The second kappa shape index (κ2) is 6.56. The zero-order valence-electron chi connectivity index (χ0n) is 11.4. The van der Waals surface area contributed by atoms with Gasteiger partial charge in [-0.3, -0.25) is 0 Å². The molecule has 0 fully saturated rings. The summed E-state index contributed by atoms with van der Waals surface area (Å²) in [5.41, 5.74) is 1.30. The molecule has 3 nitrogen and oxygen atoms in total. The van der Waals surface area contributed by atoms with Crippen molar-refractivity contribution in [3.05, 3.63) is 65.5 Å². The molecule has 0 bridgehead atoms. The van der Waals surface area contributed by atoms with Gasteiger partial charge in [-0.1, -0.05) is 36.4 Å². The number of halogens is 2. The molecular weight excluding hydrogens is 313 g/mol. The topological polar surface area (TPSA) is 46.2 Å². The molecule has 0 aliphatic heterocycles. The minimum Gasteiger partial charge on any atom is -0.209 e. The fraction of sp³-hybridized carbons (Fsp3) is 0.200. The Hall–Kier alpha value is -1.43. The zero-order valence-corrected chi connectivity index (χ0v) is 13.0. The van der Waals surface area contributed by atoms with Gasteiger partial charge >= 0.3 is 0 Å². The molecule has 0 saturated heterocycles. The van der Waals surface area contributed by atoms with Gasteiger partial charge in [0.25, 0.3) is 0 Å². The van der Waals surface area contributed by atoms with E-state index in [4.69, 9.17) is 11.6 Å². The number of sulfonamides is 1. The summed E-state index contributed by atoms with van der Waals surface area (Å²) in [6, 6.07) is 12.8. The molecule has 0 spiro atoms. The number of benzene rings is 2. The van der Waals surface area contributed by atoms with Crippen molar-refractivity contribution in [2.45, 2.75) is 17.2 Å². The highest BCUT2D eigenvalue weighted by Crippen LogP contribution is 2.21. The maximum Gasteiger partial charge on any atom is 0.240 e. The number of rotatable bonds is 5. The Kier molecular flexibility index (Phi) is 4.98. The molecule has 6 heteroatoms. The van der Waals surface area contributed by atoms with Gasteiger partial charge in [-0.05, 0) is 30.2 Å². The molecule has 0 radical (unpaired) electrons.